The molecule has 6 heteroatoms. The number of nitrogens with one attached hydrogen (secondary N) is 2. The van der Waals surface area contributed by atoms with Gasteiger partial charge in [-0.2, -0.15) is 0 Å². The molecule has 0 aromatic heterocycles. The summed E-state index contributed by atoms with van der Waals surface area (Å²) in [6.07, 6.45) is 0. The molecular weight excluding hydrogens is 388 g/mol. The minimum Gasteiger partial charge on any atom is -0.427 e. The van der Waals surface area contributed by atoms with Crippen molar-refractivity contribution in [2.45, 2.75) is 20.4 Å². The molecule has 0 fully saturated rings. The average molecular weight is 409 g/mol. The number of carbonyl (C=O) groups excluding carboxylic acids is 2. The Hall–Kier alpha value is -3.31. The Labute approximate surface area is 174 Å². The molecule has 0 aliphatic heterocycles. The zero-order valence-electron chi connectivity index (χ0n) is 16.2. The smallest absolute Gasteiger partial charge is 0.308 e. The third-order valence-electron chi connectivity index (χ3n) is 4.19. The Morgan fingerprint density at radius 3 is 2.31 bits per heavy atom. The van der Waals surface area contributed by atoms with Gasteiger partial charge in [-0.1, -0.05) is 54.1 Å². The van der Waals surface area contributed by atoms with Gasteiger partial charge in [-0.3, -0.25) is 9.59 Å². The fourth-order valence-corrected chi connectivity index (χ4v) is 3.14. The maximum Gasteiger partial charge on any atom is 0.308 e. The highest BCUT2D eigenvalue weighted by Gasteiger charge is 2.09. The summed E-state index contributed by atoms with van der Waals surface area (Å²) in [7, 11) is 0. The normalized spacial score (nSPS) is 10.3. The molecule has 0 heterocycles. The number of rotatable bonds is 6. The van der Waals surface area contributed by atoms with Crippen molar-refractivity contribution in [3.8, 4) is 16.9 Å². The van der Waals surface area contributed by atoms with Crippen LogP contribution in [0.25, 0.3) is 11.1 Å². The van der Waals surface area contributed by atoms with Gasteiger partial charge in [0.2, 0.25) is 5.91 Å². The van der Waals surface area contributed by atoms with Gasteiger partial charge in [-0.05, 0) is 34.9 Å². The summed E-state index contributed by atoms with van der Waals surface area (Å²) in [4.78, 5) is 22.7. The van der Waals surface area contributed by atoms with Gasteiger partial charge in [0.25, 0.3) is 0 Å². The van der Waals surface area contributed by atoms with E-state index in [0.717, 1.165) is 16.7 Å². The summed E-state index contributed by atoms with van der Waals surface area (Å²) in [6.45, 7) is 3.20. The SMILES string of the molecule is CC(=O)Nc1ccc(OC(C)=O)cc1NCc1ccc(-c2ccccc2)cc1Cl. The molecule has 2 N–H and O–H groups in total. The second-order valence-corrected chi connectivity index (χ2v) is 6.92. The first-order chi connectivity index (χ1) is 13.9. The lowest BCUT2D eigenvalue weighted by Crippen LogP contribution is -2.10. The Morgan fingerprint density at radius 1 is 0.897 bits per heavy atom. The van der Waals surface area contributed by atoms with Crippen molar-refractivity contribution in [1.29, 1.82) is 0 Å². The van der Waals surface area contributed by atoms with Gasteiger partial charge >= 0.3 is 5.97 Å². The van der Waals surface area contributed by atoms with Crippen LogP contribution in [-0.4, -0.2) is 11.9 Å². The van der Waals surface area contributed by atoms with Crippen LogP contribution in [0.4, 0.5) is 11.4 Å². The van der Waals surface area contributed by atoms with E-state index < -0.39 is 5.97 Å². The van der Waals surface area contributed by atoms with Crippen LogP contribution in [0, 0.1) is 0 Å². The zero-order valence-corrected chi connectivity index (χ0v) is 16.9. The van der Waals surface area contributed by atoms with Gasteiger partial charge in [-0.15, -0.1) is 0 Å². The summed E-state index contributed by atoms with van der Waals surface area (Å²) in [6, 6.07) is 20.9. The number of halogens is 1. The molecule has 0 aliphatic carbocycles. The summed E-state index contributed by atoms with van der Waals surface area (Å²) in [5.74, 6) is -0.221. The third kappa shape index (κ3) is 5.59. The second kappa shape index (κ2) is 9.26. The van der Waals surface area contributed by atoms with E-state index in [9.17, 15) is 9.59 Å². The van der Waals surface area contributed by atoms with Gasteiger partial charge < -0.3 is 15.4 Å². The summed E-state index contributed by atoms with van der Waals surface area (Å²) in [5.41, 5.74) is 4.25. The van der Waals surface area contributed by atoms with E-state index in [1.807, 2.05) is 48.5 Å². The Morgan fingerprint density at radius 2 is 1.66 bits per heavy atom. The number of benzene rings is 3. The predicted octanol–water partition coefficient (Wildman–Crippen LogP) is 5.50. The van der Waals surface area contributed by atoms with Crippen LogP contribution < -0.4 is 15.4 Å². The van der Waals surface area contributed by atoms with E-state index in [1.165, 1.54) is 13.8 Å². The van der Waals surface area contributed by atoms with Crippen LogP contribution in [-0.2, 0) is 16.1 Å². The number of amides is 1. The van der Waals surface area contributed by atoms with Crippen LogP contribution in [0.1, 0.15) is 19.4 Å². The molecule has 0 atom stereocenters. The molecule has 0 radical (unpaired) electrons. The van der Waals surface area contributed by atoms with Gasteiger partial charge in [0.15, 0.2) is 0 Å². The lowest BCUT2D eigenvalue weighted by molar-refractivity contribution is -0.131. The minimum atomic E-state index is -0.414. The molecule has 0 aliphatic rings. The molecule has 0 bridgehead atoms. The molecule has 0 saturated heterocycles. The van der Waals surface area contributed by atoms with Gasteiger partial charge in [0, 0.05) is 31.5 Å². The summed E-state index contributed by atoms with van der Waals surface area (Å²) in [5, 5.41) is 6.65. The molecule has 29 heavy (non-hydrogen) atoms. The van der Waals surface area contributed by atoms with E-state index in [-0.39, 0.29) is 5.91 Å². The standard InChI is InChI=1S/C23H21ClN2O3/c1-15(27)26-22-11-10-20(29-16(2)28)13-23(22)25-14-19-9-8-18(12-21(19)24)17-6-4-3-5-7-17/h3-13,25H,14H2,1-2H3,(H,26,27). The van der Waals surface area contributed by atoms with Crippen LogP contribution in [0.2, 0.25) is 5.02 Å². The van der Waals surface area contributed by atoms with Crippen molar-refractivity contribution >= 4 is 34.9 Å². The number of carbonyl (C=O) groups is 2. The molecular formula is C23H21ClN2O3. The lowest BCUT2D eigenvalue weighted by atomic mass is 10.0. The molecule has 0 spiro atoms. The first-order valence-electron chi connectivity index (χ1n) is 9.10. The predicted molar refractivity (Wildman–Crippen MR) is 116 cm³/mol. The van der Waals surface area contributed by atoms with Crippen molar-refractivity contribution in [2.24, 2.45) is 0 Å². The number of anilines is 2. The highest BCUT2D eigenvalue weighted by atomic mass is 35.5. The maximum absolute atomic E-state index is 11.5. The first kappa shape index (κ1) is 20.4. The van der Waals surface area contributed by atoms with Gasteiger partial charge in [0.1, 0.15) is 5.75 Å². The van der Waals surface area contributed by atoms with Crippen LogP contribution >= 0.6 is 11.6 Å². The first-order valence-corrected chi connectivity index (χ1v) is 9.48. The number of ether oxygens (including phenoxy) is 1. The second-order valence-electron chi connectivity index (χ2n) is 6.51. The fraction of sp³-hybridized carbons (Fsp3) is 0.130. The van der Waals surface area contributed by atoms with Crippen molar-refractivity contribution in [3.05, 3.63) is 77.3 Å². The van der Waals surface area contributed by atoms with Crippen LogP contribution in [0.5, 0.6) is 5.75 Å². The van der Waals surface area contributed by atoms with E-state index in [0.29, 0.717) is 28.7 Å². The number of esters is 1. The molecule has 5 nitrogen and oxygen atoms in total. The summed E-state index contributed by atoms with van der Waals surface area (Å²) >= 11 is 6.49. The highest BCUT2D eigenvalue weighted by Crippen LogP contribution is 2.30. The van der Waals surface area contributed by atoms with Crippen LogP contribution in [0.3, 0.4) is 0 Å². The molecule has 0 unspecified atom stereocenters. The number of hydrogen-bond donors (Lipinski definition) is 2. The van der Waals surface area contributed by atoms with Gasteiger partial charge in [0.05, 0.1) is 11.4 Å². The molecule has 3 aromatic carbocycles. The fourth-order valence-electron chi connectivity index (χ4n) is 2.89. The van der Waals surface area contributed by atoms with Crippen molar-refractivity contribution in [3.63, 3.8) is 0 Å². The van der Waals surface area contributed by atoms with E-state index in [1.54, 1.807) is 18.2 Å². The van der Waals surface area contributed by atoms with Crippen LogP contribution in [0.15, 0.2) is 66.7 Å². The maximum atomic E-state index is 11.5. The molecule has 1 amide bonds. The van der Waals surface area contributed by atoms with Gasteiger partial charge in [-0.25, -0.2) is 0 Å². The molecule has 0 saturated carbocycles. The number of hydrogen-bond acceptors (Lipinski definition) is 4. The lowest BCUT2D eigenvalue weighted by Gasteiger charge is -2.15. The Bertz CT molecular complexity index is 1040. The monoisotopic (exact) mass is 408 g/mol. The summed E-state index contributed by atoms with van der Waals surface area (Å²) < 4.78 is 5.14. The van der Waals surface area contributed by atoms with E-state index in [4.69, 9.17) is 16.3 Å². The topological polar surface area (TPSA) is 67.4 Å². The largest absolute Gasteiger partial charge is 0.427 e. The van der Waals surface area contributed by atoms with E-state index >= 15 is 0 Å². The van der Waals surface area contributed by atoms with Crippen molar-refractivity contribution < 1.29 is 14.3 Å². The Kier molecular flexibility index (Phi) is 6.52. The minimum absolute atomic E-state index is 0.196. The quantitative estimate of drug-likeness (QED) is 0.417. The third-order valence-corrected chi connectivity index (χ3v) is 4.54. The highest BCUT2D eigenvalue weighted by molar-refractivity contribution is 6.31. The average Bonchev–Trinajstić information content (AvgIpc) is 2.68. The van der Waals surface area contributed by atoms with E-state index in [2.05, 4.69) is 10.6 Å². The molecule has 148 valence electrons. The van der Waals surface area contributed by atoms with Crippen molar-refractivity contribution in [2.75, 3.05) is 10.6 Å². The van der Waals surface area contributed by atoms with Crippen molar-refractivity contribution in [1.82, 2.24) is 0 Å². The zero-order chi connectivity index (χ0) is 20.8. The molecule has 3 rings (SSSR count). The molecule has 3 aromatic rings. The Balaban J connectivity index is 1.80.